The number of aromatic nitrogens is 1. The molecule has 2 aromatic rings. The molecular formula is C21H24N2O5. The van der Waals surface area contributed by atoms with E-state index in [1.54, 1.807) is 6.92 Å². The topological polar surface area (TPSA) is 88.7 Å². The van der Waals surface area contributed by atoms with Gasteiger partial charge in [0.25, 0.3) is 5.91 Å². The van der Waals surface area contributed by atoms with E-state index in [1.165, 1.54) is 31.9 Å². The van der Waals surface area contributed by atoms with Gasteiger partial charge >= 0.3 is 11.9 Å². The van der Waals surface area contributed by atoms with Gasteiger partial charge in [0.1, 0.15) is 0 Å². The van der Waals surface area contributed by atoms with Crippen molar-refractivity contribution in [2.45, 2.75) is 39.7 Å². The number of fused-ring (bicyclic) bond motifs is 3. The van der Waals surface area contributed by atoms with Crippen LogP contribution in [0.25, 0.3) is 16.5 Å². The van der Waals surface area contributed by atoms with Crippen molar-refractivity contribution in [2.75, 3.05) is 13.2 Å². The molecule has 0 saturated carbocycles. The van der Waals surface area contributed by atoms with Crippen LogP contribution in [0, 0.1) is 0 Å². The fraction of sp³-hybridized carbons (Fsp3) is 0.381. The van der Waals surface area contributed by atoms with Crippen LogP contribution in [0.2, 0.25) is 0 Å². The summed E-state index contributed by atoms with van der Waals surface area (Å²) in [6.45, 7) is 6.63. The highest BCUT2D eigenvalue weighted by Gasteiger charge is 2.36. The third kappa shape index (κ3) is 3.65. The maximum absolute atomic E-state index is 13.0. The molecule has 7 nitrogen and oxygen atoms in total. The summed E-state index contributed by atoms with van der Waals surface area (Å²) in [5, 5.41) is 1.00. The van der Waals surface area contributed by atoms with Gasteiger partial charge in [0, 0.05) is 30.6 Å². The highest BCUT2D eigenvalue weighted by Crippen LogP contribution is 2.32. The summed E-state index contributed by atoms with van der Waals surface area (Å²) >= 11 is 0. The molecule has 1 amide bonds. The summed E-state index contributed by atoms with van der Waals surface area (Å²) in [4.78, 5) is 41.7. The predicted molar refractivity (Wildman–Crippen MR) is 104 cm³/mol. The molecule has 1 N–H and O–H groups in total. The van der Waals surface area contributed by atoms with E-state index in [0.717, 1.165) is 16.5 Å². The smallest absolute Gasteiger partial charge is 0.341 e. The fourth-order valence-corrected chi connectivity index (χ4v) is 3.48. The van der Waals surface area contributed by atoms with E-state index in [4.69, 9.17) is 9.47 Å². The van der Waals surface area contributed by atoms with Crippen LogP contribution < -0.4 is 0 Å². The lowest BCUT2D eigenvalue weighted by Gasteiger charge is -2.29. The van der Waals surface area contributed by atoms with Crippen molar-refractivity contribution < 1.29 is 23.9 Å². The minimum absolute atomic E-state index is 0.221. The molecule has 7 heteroatoms. The van der Waals surface area contributed by atoms with E-state index in [-0.39, 0.29) is 12.2 Å². The van der Waals surface area contributed by atoms with E-state index in [2.05, 4.69) is 4.98 Å². The number of nitrogens with zero attached hydrogens (tertiary/aromatic N) is 1. The second-order valence-corrected chi connectivity index (χ2v) is 7.14. The largest absolute Gasteiger partial charge is 0.462 e. The molecule has 1 aliphatic rings. The minimum Gasteiger partial charge on any atom is -0.462 e. The van der Waals surface area contributed by atoms with Crippen molar-refractivity contribution in [1.82, 2.24) is 9.88 Å². The van der Waals surface area contributed by atoms with Crippen LogP contribution in [0.4, 0.5) is 0 Å². The zero-order valence-corrected chi connectivity index (χ0v) is 16.5. The third-order valence-electron chi connectivity index (χ3n) is 4.64. The lowest BCUT2D eigenvalue weighted by molar-refractivity contribution is -0.167. The molecule has 1 aromatic heterocycles. The molecule has 3 rings (SSSR count). The highest BCUT2D eigenvalue weighted by molar-refractivity contribution is 6.18. The quantitative estimate of drug-likeness (QED) is 0.819. The number of H-pyrrole nitrogens is 1. The van der Waals surface area contributed by atoms with Crippen LogP contribution >= 0.6 is 0 Å². The van der Waals surface area contributed by atoms with Crippen molar-refractivity contribution in [1.29, 1.82) is 0 Å². The van der Waals surface area contributed by atoms with Crippen molar-refractivity contribution in [3.63, 3.8) is 0 Å². The Morgan fingerprint density at radius 3 is 2.61 bits per heavy atom. The number of para-hydroxylation sites is 1. The summed E-state index contributed by atoms with van der Waals surface area (Å²) in [6, 6.07) is 7.78. The van der Waals surface area contributed by atoms with Crippen molar-refractivity contribution in [2.24, 2.45) is 0 Å². The Bertz CT molecular complexity index is 970. The van der Waals surface area contributed by atoms with E-state index in [1.807, 2.05) is 24.3 Å². The molecule has 28 heavy (non-hydrogen) atoms. The van der Waals surface area contributed by atoms with Gasteiger partial charge in [-0.2, -0.15) is 0 Å². The first-order valence-electron chi connectivity index (χ1n) is 9.24. The lowest BCUT2D eigenvalue weighted by Crippen LogP contribution is -2.46. The average Bonchev–Trinajstić information content (AvgIpc) is 2.88. The molecule has 2 heterocycles. The van der Waals surface area contributed by atoms with Gasteiger partial charge in [-0.1, -0.05) is 18.2 Å². The summed E-state index contributed by atoms with van der Waals surface area (Å²) in [7, 11) is 0. The van der Waals surface area contributed by atoms with Gasteiger partial charge < -0.3 is 19.4 Å². The van der Waals surface area contributed by atoms with Crippen LogP contribution in [0.5, 0.6) is 0 Å². The molecule has 148 valence electrons. The highest BCUT2D eigenvalue weighted by atomic mass is 16.6. The number of benzene rings is 1. The van der Waals surface area contributed by atoms with E-state index in [9.17, 15) is 14.4 Å². The molecular weight excluding hydrogens is 360 g/mol. The Hall–Kier alpha value is -3.09. The van der Waals surface area contributed by atoms with Crippen LogP contribution in [-0.2, 0) is 30.3 Å². The minimum atomic E-state index is -1.35. The van der Waals surface area contributed by atoms with Crippen LogP contribution in [0.15, 0.2) is 30.5 Å². The first-order valence-corrected chi connectivity index (χ1v) is 9.24. The normalized spacial score (nSPS) is 14.1. The van der Waals surface area contributed by atoms with E-state index >= 15 is 0 Å². The second kappa shape index (κ2) is 7.50. The van der Waals surface area contributed by atoms with Gasteiger partial charge in [0.2, 0.25) is 0 Å². The summed E-state index contributed by atoms with van der Waals surface area (Å²) < 4.78 is 10.4. The first kappa shape index (κ1) is 19.7. The number of rotatable bonds is 4. The molecule has 1 aromatic carbocycles. The van der Waals surface area contributed by atoms with Gasteiger partial charge in [0.05, 0.1) is 17.9 Å². The second-order valence-electron chi connectivity index (χ2n) is 7.14. The van der Waals surface area contributed by atoms with Gasteiger partial charge in [-0.25, -0.2) is 4.79 Å². The van der Waals surface area contributed by atoms with Crippen molar-refractivity contribution in [3.05, 3.63) is 41.7 Å². The number of ether oxygens (including phenoxy) is 2. The number of esters is 2. The lowest BCUT2D eigenvalue weighted by atomic mass is 10.0. The molecule has 0 saturated heterocycles. The maximum Gasteiger partial charge on any atom is 0.341 e. The molecule has 0 radical (unpaired) electrons. The molecule has 0 unspecified atom stereocenters. The van der Waals surface area contributed by atoms with E-state index < -0.39 is 23.4 Å². The number of hydrogen-bond donors (Lipinski definition) is 1. The van der Waals surface area contributed by atoms with Crippen LogP contribution in [0.3, 0.4) is 0 Å². The Morgan fingerprint density at radius 2 is 1.93 bits per heavy atom. The van der Waals surface area contributed by atoms with Crippen molar-refractivity contribution >= 4 is 34.3 Å². The fourth-order valence-electron chi connectivity index (χ4n) is 3.48. The van der Waals surface area contributed by atoms with Crippen LogP contribution in [0.1, 0.15) is 39.0 Å². The van der Waals surface area contributed by atoms with Gasteiger partial charge in [0.15, 0.2) is 5.60 Å². The molecule has 0 atom stereocenters. The number of amides is 1. The summed E-state index contributed by atoms with van der Waals surface area (Å²) in [5.41, 5.74) is 1.46. The zero-order chi connectivity index (χ0) is 20.5. The number of carbonyl (C=O) groups excluding carboxylic acids is 3. The third-order valence-corrected chi connectivity index (χ3v) is 4.64. The molecule has 0 aliphatic carbocycles. The van der Waals surface area contributed by atoms with E-state index in [0.29, 0.717) is 18.7 Å². The van der Waals surface area contributed by atoms with Gasteiger partial charge in [-0.05, 0) is 38.8 Å². The SMILES string of the molecule is CCOC(=O)C1=CN(C(=O)C(C)(C)OC(C)=O)CCc2c1[nH]c1ccccc21. The predicted octanol–water partition coefficient (Wildman–Crippen LogP) is 2.80. The maximum atomic E-state index is 13.0. The molecule has 0 fully saturated rings. The van der Waals surface area contributed by atoms with Crippen molar-refractivity contribution in [3.8, 4) is 0 Å². The summed E-state index contributed by atoms with van der Waals surface area (Å²) in [6.07, 6.45) is 2.04. The molecule has 0 spiro atoms. The average molecular weight is 384 g/mol. The van der Waals surface area contributed by atoms with Crippen LogP contribution in [-0.4, -0.2) is 46.5 Å². The standard InChI is InChI=1S/C21H24N2O5/c1-5-27-19(25)16-12-23(20(26)21(3,4)28-13(2)24)11-10-15-14-8-6-7-9-17(14)22-18(15)16/h6-9,12,22H,5,10-11H2,1-4H3. The Kier molecular flexibility index (Phi) is 5.27. The number of aromatic amines is 1. The Balaban J connectivity index is 2.07. The van der Waals surface area contributed by atoms with Gasteiger partial charge in [-0.15, -0.1) is 0 Å². The first-order chi connectivity index (χ1) is 13.2. The molecule has 1 aliphatic heterocycles. The van der Waals surface area contributed by atoms with Gasteiger partial charge in [-0.3, -0.25) is 9.59 Å². The number of hydrogen-bond acceptors (Lipinski definition) is 5. The Labute approximate surface area is 163 Å². The number of carbonyl (C=O) groups is 3. The molecule has 0 bridgehead atoms. The zero-order valence-electron chi connectivity index (χ0n) is 16.5. The monoisotopic (exact) mass is 384 g/mol. The summed E-state index contributed by atoms with van der Waals surface area (Å²) in [5.74, 6) is -1.46. The number of nitrogens with one attached hydrogen (secondary N) is 1. The Morgan fingerprint density at radius 1 is 1.21 bits per heavy atom.